The molecule has 2 aromatic heterocycles. The largest absolute Gasteiger partial charge is 0.492 e. The van der Waals surface area contributed by atoms with E-state index in [1.54, 1.807) is 18.3 Å². The number of pyridine rings is 1. The first kappa shape index (κ1) is 17.2. The van der Waals surface area contributed by atoms with Crippen LogP contribution in [0, 0.1) is 5.82 Å². The number of thiazole rings is 1. The first-order valence-electron chi connectivity index (χ1n) is 8.40. The number of hydrogen-bond acceptors (Lipinski definition) is 5. The summed E-state index contributed by atoms with van der Waals surface area (Å²) >= 11 is 1.39. The van der Waals surface area contributed by atoms with Crippen molar-refractivity contribution >= 4 is 28.0 Å². The number of aromatic hydroxyl groups is 1. The lowest BCUT2D eigenvalue weighted by atomic mass is 10.1. The number of anilines is 3. The number of aromatic nitrogens is 2. The molecule has 4 nitrogen and oxygen atoms in total. The molecule has 0 radical (unpaired) electrons. The predicted octanol–water partition coefficient (Wildman–Crippen LogP) is 5.44. The van der Waals surface area contributed by atoms with Crippen molar-refractivity contribution in [2.24, 2.45) is 0 Å². The highest BCUT2D eigenvalue weighted by molar-refractivity contribution is 7.16. The molecule has 0 unspecified atom stereocenters. The minimum atomic E-state index is -0.279. The highest BCUT2D eigenvalue weighted by atomic mass is 32.1. The van der Waals surface area contributed by atoms with Gasteiger partial charge in [-0.2, -0.15) is 4.98 Å². The zero-order valence-electron chi connectivity index (χ0n) is 14.3. The van der Waals surface area contributed by atoms with Gasteiger partial charge in [-0.05, 0) is 42.0 Å². The fraction of sp³-hybridized carbons (Fsp3) is 0.0476. The molecule has 6 heteroatoms. The molecule has 1 N–H and O–H groups in total. The topological polar surface area (TPSA) is 49.3 Å². The van der Waals surface area contributed by atoms with Crippen molar-refractivity contribution < 1.29 is 9.50 Å². The summed E-state index contributed by atoms with van der Waals surface area (Å²) in [5.41, 5.74) is 1.81. The third-order valence-electron chi connectivity index (χ3n) is 4.03. The minimum Gasteiger partial charge on any atom is -0.492 e. The van der Waals surface area contributed by atoms with Crippen molar-refractivity contribution in [2.75, 3.05) is 4.90 Å². The maximum atomic E-state index is 13.1. The van der Waals surface area contributed by atoms with E-state index >= 15 is 0 Å². The Morgan fingerprint density at radius 1 is 0.926 bits per heavy atom. The highest BCUT2D eigenvalue weighted by Gasteiger charge is 2.20. The summed E-state index contributed by atoms with van der Waals surface area (Å²) in [4.78, 5) is 11.4. The Morgan fingerprint density at radius 3 is 2.37 bits per heavy atom. The van der Waals surface area contributed by atoms with Gasteiger partial charge in [0.1, 0.15) is 11.6 Å². The molecule has 0 atom stereocenters. The average molecular weight is 377 g/mol. The molecule has 0 saturated carbocycles. The third-order valence-corrected chi connectivity index (χ3v) is 5.06. The Balaban J connectivity index is 1.72. The van der Waals surface area contributed by atoms with Gasteiger partial charge in [0, 0.05) is 18.3 Å². The molecule has 2 aromatic carbocycles. The lowest BCUT2D eigenvalue weighted by Crippen LogP contribution is -2.10. The molecule has 0 fully saturated rings. The van der Waals surface area contributed by atoms with Crippen LogP contribution in [0.5, 0.6) is 5.88 Å². The van der Waals surface area contributed by atoms with E-state index in [9.17, 15) is 9.50 Å². The van der Waals surface area contributed by atoms with E-state index < -0.39 is 0 Å². The molecule has 0 aliphatic rings. The van der Waals surface area contributed by atoms with E-state index in [4.69, 9.17) is 0 Å². The van der Waals surface area contributed by atoms with E-state index in [-0.39, 0.29) is 11.7 Å². The molecular formula is C21H16FN3OS. The van der Waals surface area contributed by atoms with Gasteiger partial charge in [-0.25, -0.2) is 9.37 Å². The van der Waals surface area contributed by atoms with Crippen LogP contribution < -0.4 is 4.90 Å². The van der Waals surface area contributed by atoms with Gasteiger partial charge in [-0.1, -0.05) is 47.7 Å². The number of halogens is 1. The van der Waals surface area contributed by atoms with Crippen molar-refractivity contribution in [1.29, 1.82) is 0 Å². The standard InChI is InChI=1S/C21H16FN3OS/c22-16-11-9-15(10-12-16)14-18-20(26)24-21(27-18)25(17-6-2-1-3-7-17)19-8-4-5-13-23-19/h1-13,26H,14H2. The van der Waals surface area contributed by atoms with Crippen LogP contribution in [0.2, 0.25) is 0 Å². The Bertz CT molecular complexity index is 981. The van der Waals surface area contributed by atoms with Crippen molar-refractivity contribution in [1.82, 2.24) is 9.97 Å². The smallest absolute Gasteiger partial charge is 0.227 e. The molecule has 0 amide bonds. The normalized spacial score (nSPS) is 10.7. The molecule has 0 saturated heterocycles. The van der Waals surface area contributed by atoms with Gasteiger partial charge in [0.25, 0.3) is 0 Å². The number of nitrogens with zero attached hydrogens (tertiary/aromatic N) is 3. The van der Waals surface area contributed by atoms with E-state index in [2.05, 4.69) is 9.97 Å². The molecule has 0 spiro atoms. The second-order valence-corrected chi connectivity index (χ2v) is 6.97. The maximum absolute atomic E-state index is 13.1. The molecule has 4 rings (SSSR count). The van der Waals surface area contributed by atoms with E-state index in [1.165, 1.54) is 23.5 Å². The van der Waals surface area contributed by atoms with Crippen molar-refractivity contribution in [3.63, 3.8) is 0 Å². The predicted molar refractivity (Wildman–Crippen MR) is 105 cm³/mol. The highest BCUT2D eigenvalue weighted by Crippen LogP contribution is 2.39. The summed E-state index contributed by atoms with van der Waals surface area (Å²) < 4.78 is 13.1. The lowest BCUT2D eigenvalue weighted by molar-refractivity contribution is 0.452. The van der Waals surface area contributed by atoms with Crippen molar-refractivity contribution in [3.05, 3.63) is 95.3 Å². The van der Waals surface area contributed by atoms with Crippen LogP contribution >= 0.6 is 11.3 Å². The van der Waals surface area contributed by atoms with Crippen LogP contribution in [-0.2, 0) is 6.42 Å². The van der Waals surface area contributed by atoms with Gasteiger partial charge in [0.05, 0.1) is 4.88 Å². The fourth-order valence-electron chi connectivity index (χ4n) is 2.73. The first-order valence-corrected chi connectivity index (χ1v) is 9.22. The molecule has 0 aliphatic carbocycles. The molecule has 0 aliphatic heterocycles. The molecule has 134 valence electrons. The SMILES string of the molecule is Oc1nc(N(c2ccccc2)c2ccccn2)sc1Cc1ccc(F)cc1. The summed E-state index contributed by atoms with van der Waals surface area (Å²) in [6.07, 6.45) is 2.20. The number of para-hydroxylation sites is 1. The Hall–Kier alpha value is -3.25. The molecule has 0 bridgehead atoms. The zero-order valence-corrected chi connectivity index (χ0v) is 15.1. The number of rotatable bonds is 5. The zero-order chi connectivity index (χ0) is 18.6. The van der Waals surface area contributed by atoms with Crippen molar-refractivity contribution in [2.45, 2.75) is 6.42 Å². The van der Waals surface area contributed by atoms with E-state index in [0.717, 1.165) is 11.3 Å². The quantitative estimate of drug-likeness (QED) is 0.503. The van der Waals surface area contributed by atoms with Crippen LogP contribution in [0.25, 0.3) is 0 Å². The van der Waals surface area contributed by atoms with Crippen LogP contribution in [0.3, 0.4) is 0 Å². The van der Waals surface area contributed by atoms with Gasteiger partial charge in [-0.15, -0.1) is 0 Å². The van der Waals surface area contributed by atoms with Crippen LogP contribution in [-0.4, -0.2) is 15.1 Å². The molecular weight excluding hydrogens is 361 g/mol. The summed E-state index contributed by atoms with van der Waals surface area (Å²) in [7, 11) is 0. The summed E-state index contributed by atoms with van der Waals surface area (Å²) in [5, 5.41) is 11.0. The average Bonchev–Trinajstić information content (AvgIpc) is 3.05. The van der Waals surface area contributed by atoms with E-state index in [1.807, 2.05) is 53.4 Å². The Kier molecular flexibility index (Phi) is 4.80. The van der Waals surface area contributed by atoms with Crippen LogP contribution in [0.1, 0.15) is 10.4 Å². The van der Waals surface area contributed by atoms with Crippen LogP contribution in [0.4, 0.5) is 21.0 Å². The monoisotopic (exact) mass is 377 g/mol. The minimum absolute atomic E-state index is 0.0174. The number of hydrogen-bond donors (Lipinski definition) is 1. The van der Waals surface area contributed by atoms with Gasteiger partial charge < -0.3 is 5.11 Å². The second-order valence-electron chi connectivity index (χ2n) is 5.91. The lowest BCUT2D eigenvalue weighted by Gasteiger charge is -2.20. The van der Waals surface area contributed by atoms with Gasteiger partial charge >= 0.3 is 0 Å². The second kappa shape index (κ2) is 7.55. The van der Waals surface area contributed by atoms with Crippen LogP contribution in [0.15, 0.2) is 79.0 Å². The van der Waals surface area contributed by atoms with Gasteiger partial charge in [-0.3, -0.25) is 4.90 Å². The number of benzene rings is 2. The summed E-state index contributed by atoms with van der Waals surface area (Å²) in [6.45, 7) is 0. The molecule has 2 heterocycles. The first-order chi connectivity index (χ1) is 13.2. The maximum Gasteiger partial charge on any atom is 0.227 e. The Labute approximate surface area is 160 Å². The van der Waals surface area contributed by atoms with E-state index in [0.29, 0.717) is 22.2 Å². The third kappa shape index (κ3) is 3.80. The summed E-state index contributed by atoms with van der Waals surface area (Å²) in [5.74, 6) is 0.417. The van der Waals surface area contributed by atoms with Crippen molar-refractivity contribution in [3.8, 4) is 5.88 Å². The summed E-state index contributed by atoms with van der Waals surface area (Å²) in [6, 6.07) is 21.7. The Morgan fingerprint density at radius 2 is 1.67 bits per heavy atom. The fourth-order valence-corrected chi connectivity index (χ4v) is 3.75. The molecule has 4 aromatic rings. The van der Waals surface area contributed by atoms with Gasteiger partial charge in [0.2, 0.25) is 5.88 Å². The van der Waals surface area contributed by atoms with Gasteiger partial charge in [0.15, 0.2) is 5.13 Å². The molecule has 27 heavy (non-hydrogen) atoms.